The molecule has 3 aromatic heterocycles. The molecule has 5 rings (SSSR count). The Balaban J connectivity index is 1.35. The van der Waals surface area contributed by atoms with Gasteiger partial charge in [-0.3, -0.25) is 4.31 Å². The SMILES string of the molecule is CN(c1ncccc1Cn1ccc2cnc(Nc3ccc(N4CCC(O)CC4)cc3)cc21)S(C)(=O)=O. The van der Waals surface area contributed by atoms with E-state index in [0.29, 0.717) is 12.4 Å². The number of rotatable bonds is 7. The van der Waals surface area contributed by atoms with Crippen LogP contribution in [0.1, 0.15) is 18.4 Å². The van der Waals surface area contributed by atoms with Crippen molar-refractivity contribution < 1.29 is 13.5 Å². The minimum Gasteiger partial charge on any atom is -0.393 e. The Morgan fingerprint density at radius 1 is 1.11 bits per heavy atom. The van der Waals surface area contributed by atoms with E-state index in [1.807, 2.05) is 48.8 Å². The van der Waals surface area contributed by atoms with Crippen molar-refractivity contribution in [2.45, 2.75) is 25.5 Å². The van der Waals surface area contributed by atoms with Gasteiger partial charge in [0.1, 0.15) is 11.6 Å². The fourth-order valence-electron chi connectivity index (χ4n) is 4.49. The van der Waals surface area contributed by atoms with Gasteiger partial charge in [-0.1, -0.05) is 6.07 Å². The molecule has 0 spiro atoms. The summed E-state index contributed by atoms with van der Waals surface area (Å²) in [7, 11) is -1.91. The highest BCUT2D eigenvalue weighted by Gasteiger charge is 2.18. The van der Waals surface area contributed by atoms with Gasteiger partial charge in [-0.05, 0) is 49.2 Å². The molecule has 0 amide bonds. The van der Waals surface area contributed by atoms with Gasteiger partial charge in [-0.2, -0.15) is 0 Å². The quantitative estimate of drug-likeness (QED) is 0.395. The van der Waals surface area contributed by atoms with Gasteiger partial charge in [0.25, 0.3) is 0 Å². The summed E-state index contributed by atoms with van der Waals surface area (Å²) in [6.07, 6.45) is 7.98. The number of piperidine rings is 1. The maximum absolute atomic E-state index is 12.1. The highest BCUT2D eigenvalue weighted by molar-refractivity contribution is 7.92. The zero-order chi connectivity index (χ0) is 25.3. The van der Waals surface area contributed by atoms with E-state index < -0.39 is 10.0 Å². The molecule has 0 saturated carbocycles. The number of benzene rings is 1. The molecule has 1 aliphatic rings. The van der Waals surface area contributed by atoms with Crippen molar-refractivity contribution >= 4 is 43.9 Å². The lowest BCUT2D eigenvalue weighted by molar-refractivity contribution is 0.145. The minimum atomic E-state index is -3.43. The van der Waals surface area contributed by atoms with Crippen LogP contribution in [0.4, 0.5) is 23.0 Å². The highest BCUT2D eigenvalue weighted by Crippen LogP contribution is 2.26. The van der Waals surface area contributed by atoms with Crippen LogP contribution >= 0.6 is 0 Å². The van der Waals surface area contributed by atoms with Crippen molar-refractivity contribution in [1.82, 2.24) is 14.5 Å². The number of aliphatic hydroxyl groups excluding tert-OH is 1. The summed E-state index contributed by atoms with van der Waals surface area (Å²) < 4.78 is 27.5. The number of pyridine rings is 2. The number of nitrogens with one attached hydrogen (secondary N) is 1. The van der Waals surface area contributed by atoms with Gasteiger partial charge in [-0.15, -0.1) is 0 Å². The molecule has 10 heteroatoms. The van der Waals surface area contributed by atoms with Crippen molar-refractivity contribution in [1.29, 1.82) is 0 Å². The maximum atomic E-state index is 12.1. The van der Waals surface area contributed by atoms with E-state index in [4.69, 9.17) is 0 Å². The summed E-state index contributed by atoms with van der Waals surface area (Å²) in [4.78, 5) is 11.2. The maximum Gasteiger partial charge on any atom is 0.233 e. The summed E-state index contributed by atoms with van der Waals surface area (Å²) in [6.45, 7) is 2.19. The van der Waals surface area contributed by atoms with Crippen molar-refractivity contribution in [3.8, 4) is 0 Å². The first-order valence-electron chi connectivity index (χ1n) is 11.9. The van der Waals surface area contributed by atoms with Gasteiger partial charge in [-0.25, -0.2) is 18.4 Å². The molecule has 9 nitrogen and oxygen atoms in total. The topological polar surface area (TPSA) is 104 Å². The number of aliphatic hydroxyl groups is 1. The Kier molecular flexibility index (Phi) is 6.55. The largest absolute Gasteiger partial charge is 0.393 e. The average Bonchev–Trinajstić information content (AvgIpc) is 3.26. The molecule has 0 bridgehead atoms. The van der Waals surface area contributed by atoms with Crippen LogP contribution < -0.4 is 14.5 Å². The summed E-state index contributed by atoms with van der Waals surface area (Å²) in [5.74, 6) is 1.13. The molecule has 36 heavy (non-hydrogen) atoms. The van der Waals surface area contributed by atoms with E-state index in [2.05, 4.69) is 36.9 Å². The molecular formula is C26H30N6O3S. The van der Waals surface area contributed by atoms with Crippen molar-refractivity contribution in [2.24, 2.45) is 0 Å². The van der Waals surface area contributed by atoms with Crippen LogP contribution in [0.25, 0.3) is 10.9 Å². The van der Waals surface area contributed by atoms with Crippen LogP contribution in [0.15, 0.2) is 67.1 Å². The van der Waals surface area contributed by atoms with Crippen LogP contribution in [0.3, 0.4) is 0 Å². The first kappa shape index (κ1) is 24.1. The summed E-state index contributed by atoms with van der Waals surface area (Å²) in [5.41, 5.74) is 3.86. The van der Waals surface area contributed by atoms with Gasteiger partial charge in [0.05, 0.1) is 24.4 Å². The number of anilines is 4. The van der Waals surface area contributed by atoms with E-state index in [1.54, 1.807) is 6.20 Å². The molecule has 4 heterocycles. The Hall–Kier alpha value is -3.63. The van der Waals surface area contributed by atoms with Gasteiger partial charge < -0.3 is 19.9 Å². The van der Waals surface area contributed by atoms with Crippen molar-refractivity contribution in [3.63, 3.8) is 0 Å². The van der Waals surface area contributed by atoms with Gasteiger partial charge in [0.15, 0.2) is 0 Å². The average molecular weight is 507 g/mol. The Morgan fingerprint density at radius 3 is 2.58 bits per heavy atom. The predicted molar refractivity (Wildman–Crippen MR) is 143 cm³/mol. The fourth-order valence-corrected chi connectivity index (χ4v) is 4.97. The molecule has 0 aliphatic carbocycles. The molecule has 0 radical (unpaired) electrons. The third-order valence-electron chi connectivity index (χ3n) is 6.63. The number of nitrogens with zero attached hydrogens (tertiary/aromatic N) is 5. The van der Waals surface area contributed by atoms with Crippen molar-refractivity contribution in [3.05, 3.63) is 72.7 Å². The molecule has 0 unspecified atom stereocenters. The normalized spacial score (nSPS) is 14.8. The zero-order valence-electron chi connectivity index (χ0n) is 20.4. The lowest BCUT2D eigenvalue weighted by Gasteiger charge is -2.31. The smallest absolute Gasteiger partial charge is 0.233 e. The lowest BCUT2D eigenvalue weighted by Crippen LogP contribution is -2.35. The third kappa shape index (κ3) is 5.14. The van der Waals surface area contributed by atoms with E-state index in [1.165, 1.54) is 17.6 Å². The molecule has 1 fully saturated rings. The second kappa shape index (κ2) is 9.79. The highest BCUT2D eigenvalue weighted by atomic mass is 32.2. The van der Waals surface area contributed by atoms with Gasteiger partial charge in [0.2, 0.25) is 10.0 Å². The van der Waals surface area contributed by atoms with Crippen LogP contribution in [-0.4, -0.2) is 60.6 Å². The van der Waals surface area contributed by atoms with E-state index in [9.17, 15) is 13.5 Å². The van der Waals surface area contributed by atoms with E-state index >= 15 is 0 Å². The number of aromatic nitrogens is 3. The summed E-state index contributed by atoms with van der Waals surface area (Å²) in [5, 5.41) is 14.1. The Morgan fingerprint density at radius 2 is 1.86 bits per heavy atom. The number of fused-ring (bicyclic) bond motifs is 1. The number of sulfonamides is 1. The fraction of sp³-hybridized carbons (Fsp3) is 0.308. The van der Waals surface area contributed by atoms with Gasteiger partial charge >= 0.3 is 0 Å². The molecule has 188 valence electrons. The van der Waals surface area contributed by atoms with Crippen LogP contribution in [0, 0.1) is 0 Å². The van der Waals surface area contributed by atoms with Crippen LogP contribution in [0.2, 0.25) is 0 Å². The Bertz CT molecular complexity index is 1460. The minimum absolute atomic E-state index is 0.188. The molecule has 1 saturated heterocycles. The number of hydrogen-bond donors (Lipinski definition) is 2. The number of hydrogen-bond acceptors (Lipinski definition) is 7. The molecule has 1 aromatic carbocycles. The second-order valence-electron chi connectivity index (χ2n) is 9.18. The summed E-state index contributed by atoms with van der Waals surface area (Å²) >= 11 is 0. The molecule has 2 N–H and O–H groups in total. The zero-order valence-corrected chi connectivity index (χ0v) is 21.2. The van der Waals surface area contributed by atoms with E-state index in [-0.39, 0.29) is 6.10 Å². The molecule has 4 aromatic rings. The van der Waals surface area contributed by atoms with Crippen LogP contribution in [-0.2, 0) is 16.6 Å². The van der Waals surface area contributed by atoms with Crippen molar-refractivity contribution in [2.75, 3.05) is 40.9 Å². The van der Waals surface area contributed by atoms with Crippen LogP contribution in [0.5, 0.6) is 0 Å². The molecular weight excluding hydrogens is 476 g/mol. The summed E-state index contributed by atoms with van der Waals surface area (Å²) in [6, 6.07) is 15.9. The third-order valence-corrected chi connectivity index (χ3v) is 7.80. The molecule has 0 atom stereocenters. The lowest BCUT2D eigenvalue weighted by atomic mass is 10.1. The monoisotopic (exact) mass is 506 g/mol. The first-order chi connectivity index (χ1) is 17.3. The predicted octanol–water partition coefficient (Wildman–Crippen LogP) is 3.58. The first-order valence-corrected chi connectivity index (χ1v) is 13.8. The van der Waals surface area contributed by atoms with Gasteiger partial charge in [0, 0.05) is 67.1 Å². The second-order valence-corrected chi connectivity index (χ2v) is 11.2. The molecule has 1 aliphatic heterocycles. The Labute approximate surface area is 211 Å². The van der Waals surface area contributed by atoms with E-state index in [0.717, 1.165) is 59.6 Å². The standard InChI is InChI=1S/C26H30N6O3S/c1-30(36(2,34)35)26-20(4-3-12-27-26)18-32-13-9-19-17-28-25(16-24(19)32)29-21-5-7-22(8-6-21)31-14-10-23(33)11-15-31/h3-9,12-13,16-17,23,33H,10-11,14-15,18H2,1-2H3,(H,28,29).